The van der Waals surface area contributed by atoms with Crippen molar-refractivity contribution < 1.29 is 9.53 Å². The molecular weight excluding hydrogens is 260 g/mol. The Bertz CT molecular complexity index is 546. The van der Waals surface area contributed by atoms with Gasteiger partial charge in [0.2, 0.25) is 5.91 Å². The summed E-state index contributed by atoms with van der Waals surface area (Å²) in [4.78, 5) is 12.1. The Kier molecular flexibility index (Phi) is 3.29. The largest absolute Gasteiger partial charge is 0.375 e. The zero-order chi connectivity index (χ0) is 13.4. The molecule has 4 nitrogen and oxygen atoms in total. The Balaban J connectivity index is 1.61. The minimum atomic E-state index is -0.000463. The fourth-order valence-electron chi connectivity index (χ4n) is 3.05. The first-order chi connectivity index (χ1) is 9.17. The molecule has 1 aromatic rings. The quantitative estimate of drug-likeness (QED) is 0.923. The van der Waals surface area contributed by atoms with Crippen LogP contribution >= 0.6 is 11.3 Å². The van der Waals surface area contributed by atoms with Gasteiger partial charge in [-0.25, -0.2) is 0 Å². The molecule has 2 fully saturated rings. The Morgan fingerprint density at radius 2 is 2.47 bits per heavy atom. The van der Waals surface area contributed by atoms with Crippen LogP contribution in [0.15, 0.2) is 5.38 Å². The van der Waals surface area contributed by atoms with Gasteiger partial charge in [-0.3, -0.25) is 4.79 Å². The molecular formula is C14H16N2O2S. The van der Waals surface area contributed by atoms with Gasteiger partial charge in [0.05, 0.1) is 17.8 Å². The summed E-state index contributed by atoms with van der Waals surface area (Å²) in [6.07, 6.45) is 4.39. The first-order valence-electron chi connectivity index (χ1n) is 6.61. The zero-order valence-corrected chi connectivity index (χ0v) is 11.6. The number of amides is 1. The lowest BCUT2D eigenvalue weighted by Crippen LogP contribution is -2.23. The van der Waals surface area contributed by atoms with Crippen LogP contribution < -0.4 is 5.32 Å². The van der Waals surface area contributed by atoms with E-state index in [2.05, 4.69) is 11.4 Å². The number of anilines is 1. The highest BCUT2D eigenvalue weighted by atomic mass is 32.1. The van der Waals surface area contributed by atoms with Gasteiger partial charge in [-0.05, 0) is 43.0 Å². The van der Waals surface area contributed by atoms with Crippen molar-refractivity contribution in [1.29, 1.82) is 5.26 Å². The van der Waals surface area contributed by atoms with Gasteiger partial charge >= 0.3 is 0 Å². The van der Waals surface area contributed by atoms with Crippen LogP contribution in [-0.2, 0) is 9.53 Å². The summed E-state index contributed by atoms with van der Waals surface area (Å²) in [6, 6.07) is 2.14. The van der Waals surface area contributed by atoms with E-state index in [0.717, 1.165) is 24.8 Å². The lowest BCUT2D eigenvalue weighted by Gasteiger charge is -2.17. The number of nitrogens with zero attached hydrogens (tertiary/aromatic N) is 1. The van der Waals surface area contributed by atoms with Crippen molar-refractivity contribution in [3.8, 4) is 6.07 Å². The average molecular weight is 276 g/mol. The molecule has 2 aliphatic heterocycles. The van der Waals surface area contributed by atoms with Gasteiger partial charge in [0, 0.05) is 6.42 Å². The van der Waals surface area contributed by atoms with Crippen molar-refractivity contribution in [2.75, 3.05) is 5.32 Å². The summed E-state index contributed by atoms with van der Waals surface area (Å²) >= 11 is 1.42. The van der Waals surface area contributed by atoms with Crippen LogP contribution in [0, 0.1) is 24.2 Å². The van der Waals surface area contributed by atoms with Crippen molar-refractivity contribution in [2.24, 2.45) is 5.92 Å². The van der Waals surface area contributed by atoms with Gasteiger partial charge in [0.25, 0.3) is 0 Å². The van der Waals surface area contributed by atoms with Gasteiger partial charge < -0.3 is 10.1 Å². The third kappa shape index (κ3) is 2.38. The summed E-state index contributed by atoms with van der Waals surface area (Å²) in [5, 5.41) is 14.5. The SMILES string of the molecule is Cc1csc(NC(=O)CC2CC3CCC2O3)c1C#N. The molecule has 3 rings (SSSR count). The van der Waals surface area contributed by atoms with E-state index in [0.29, 0.717) is 29.0 Å². The smallest absolute Gasteiger partial charge is 0.225 e. The van der Waals surface area contributed by atoms with Crippen molar-refractivity contribution in [3.63, 3.8) is 0 Å². The molecule has 0 radical (unpaired) electrons. The summed E-state index contributed by atoms with van der Waals surface area (Å²) in [5.41, 5.74) is 1.51. The molecule has 3 unspecified atom stereocenters. The van der Waals surface area contributed by atoms with Gasteiger partial charge in [-0.2, -0.15) is 5.26 Å². The molecule has 3 atom stereocenters. The molecule has 0 aliphatic carbocycles. The number of thiophene rings is 1. The molecule has 0 spiro atoms. The maximum atomic E-state index is 12.1. The monoisotopic (exact) mass is 276 g/mol. The molecule has 2 saturated heterocycles. The first kappa shape index (κ1) is 12.6. The van der Waals surface area contributed by atoms with E-state index in [4.69, 9.17) is 10.00 Å². The standard InChI is InChI=1S/C14H16N2O2S/c1-8-7-19-14(11(8)6-15)16-13(17)5-9-4-10-2-3-12(9)18-10/h7,9-10,12H,2-5H2,1H3,(H,16,17). The maximum Gasteiger partial charge on any atom is 0.225 e. The Morgan fingerprint density at radius 3 is 3.11 bits per heavy atom. The number of fused-ring (bicyclic) bond motifs is 2. The van der Waals surface area contributed by atoms with Crippen molar-refractivity contribution in [1.82, 2.24) is 0 Å². The van der Waals surface area contributed by atoms with E-state index in [1.807, 2.05) is 12.3 Å². The van der Waals surface area contributed by atoms with Crippen molar-refractivity contribution in [3.05, 3.63) is 16.5 Å². The Hall–Kier alpha value is -1.38. The summed E-state index contributed by atoms with van der Waals surface area (Å²) in [5.74, 6) is 0.352. The highest BCUT2D eigenvalue weighted by Gasteiger charge is 2.41. The summed E-state index contributed by atoms with van der Waals surface area (Å²) < 4.78 is 5.76. The highest BCUT2D eigenvalue weighted by Crippen LogP contribution is 2.40. The van der Waals surface area contributed by atoms with E-state index >= 15 is 0 Å². The number of carbonyl (C=O) groups excluding carboxylic acids is 1. The van der Waals surface area contributed by atoms with Crippen molar-refractivity contribution in [2.45, 2.75) is 44.8 Å². The van der Waals surface area contributed by atoms with E-state index in [1.54, 1.807) is 0 Å². The second kappa shape index (κ2) is 4.95. The van der Waals surface area contributed by atoms with Crippen LogP contribution in [0.3, 0.4) is 0 Å². The average Bonchev–Trinajstić information content (AvgIpc) is 3.05. The molecule has 2 aliphatic rings. The molecule has 100 valence electrons. The van der Waals surface area contributed by atoms with E-state index in [-0.39, 0.29) is 12.0 Å². The van der Waals surface area contributed by atoms with Crippen LogP contribution in [0.5, 0.6) is 0 Å². The fraction of sp³-hybridized carbons (Fsp3) is 0.571. The number of hydrogen-bond donors (Lipinski definition) is 1. The summed E-state index contributed by atoms with van der Waals surface area (Å²) in [7, 11) is 0. The first-order valence-corrected chi connectivity index (χ1v) is 7.49. The lowest BCUT2D eigenvalue weighted by molar-refractivity contribution is -0.117. The van der Waals surface area contributed by atoms with E-state index in [9.17, 15) is 4.79 Å². The number of nitrogens with one attached hydrogen (secondary N) is 1. The number of nitriles is 1. The molecule has 1 N–H and O–H groups in total. The number of hydrogen-bond acceptors (Lipinski definition) is 4. The normalized spacial score (nSPS) is 28.3. The van der Waals surface area contributed by atoms with Gasteiger partial charge in [-0.15, -0.1) is 11.3 Å². The maximum absolute atomic E-state index is 12.1. The number of rotatable bonds is 3. The molecule has 1 amide bonds. The Morgan fingerprint density at radius 1 is 1.63 bits per heavy atom. The van der Waals surface area contributed by atoms with Crippen LogP contribution in [0.4, 0.5) is 5.00 Å². The topological polar surface area (TPSA) is 62.1 Å². The highest BCUT2D eigenvalue weighted by molar-refractivity contribution is 7.14. The Labute approximate surface area is 116 Å². The van der Waals surface area contributed by atoms with Crippen molar-refractivity contribution >= 4 is 22.2 Å². The molecule has 0 aromatic carbocycles. The van der Waals surface area contributed by atoms with Gasteiger partial charge in [0.15, 0.2) is 0 Å². The van der Waals surface area contributed by atoms with Gasteiger partial charge in [-0.1, -0.05) is 0 Å². The molecule has 3 heterocycles. The van der Waals surface area contributed by atoms with Crippen LogP contribution in [-0.4, -0.2) is 18.1 Å². The summed E-state index contributed by atoms with van der Waals surface area (Å²) in [6.45, 7) is 1.88. The minimum Gasteiger partial charge on any atom is -0.375 e. The van der Waals surface area contributed by atoms with Crippen LogP contribution in [0.2, 0.25) is 0 Å². The number of carbonyl (C=O) groups is 1. The molecule has 5 heteroatoms. The molecule has 19 heavy (non-hydrogen) atoms. The second-order valence-electron chi connectivity index (χ2n) is 5.36. The van der Waals surface area contributed by atoms with Crippen LogP contribution in [0.1, 0.15) is 36.8 Å². The second-order valence-corrected chi connectivity index (χ2v) is 6.24. The predicted molar refractivity (Wildman–Crippen MR) is 73.0 cm³/mol. The predicted octanol–water partition coefficient (Wildman–Crippen LogP) is 2.82. The van der Waals surface area contributed by atoms with E-state index in [1.165, 1.54) is 11.3 Å². The molecule has 0 saturated carbocycles. The zero-order valence-electron chi connectivity index (χ0n) is 10.8. The third-order valence-electron chi connectivity index (χ3n) is 4.02. The molecule has 2 bridgehead atoms. The minimum absolute atomic E-state index is 0.000463. The number of ether oxygens (including phenoxy) is 1. The fourth-order valence-corrected chi connectivity index (χ4v) is 3.96. The third-order valence-corrected chi connectivity index (χ3v) is 5.03. The number of aryl methyl sites for hydroxylation is 1. The molecule has 1 aromatic heterocycles. The van der Waals surface area contributed by atoms with E-state index < -0.39 is 0 Å². The van der Waals surface area contributed by atoms with Crippen LogP contribution in [0.25, 0.3) is 0 Å². The lowest BCUT2D eigenvalue weighted by atomic mass is 9.87. The van der Waals surface area contributed by atoms with Gasteiger partial charge in [0.1, 0.15) is 11.1 Å².